The first kappa shape index (κ1) is 15.0. The fourth-order valence-corrected chi connectivity index (χ4v) is 2.64. The quantitative estimate of drug-likeness (QED) is 0.734. The summed E-state index contributed by atoms with van der Waals surface area (Å²) in [6, 6.07) is -0.148. The largest absolute Gasteiger partial charge is 0.342 e. The number of amides is 1. The molecule has 0 aromatic carbocycles. The van der Waals surface area contributed by atoms with Crippen LogP contribution in [0, 0.1) is 23.7 Å². The summed E-state index contributed by atoms with van der Waals surface area (Å²) in [7, 11) is 0. The maximum atomic E-state index is 12.4. The van der Waals surface area contributed by atoms with Crippen molar-refractivity contribution in [2.45, 2.75) is 58.4 Å². The Hall–Kier alpha value is -1.01. The zero-order valence-electron chi connectivity index (χ0n) is 11.7. The van der Waals surface area contributed by atoms with Crippen molar-refractivity contribution in [3.8, 4) is 12.3 Å². The number of terminal acetylenes is 1. The summed E-state index contributed by atoms with van der Waals surface area (Å²) in [5.74, 6) is 3.42. The third kappa shape index (κ3) is 3.49. The molecular formula is C15H26N2O. The molecular weight excluding hydrogens is 224 g/mol. The first-order chi connectivity index (χ1) is 8.57. The predicted molar refractivity (Wildman–Crippen MR) is 74.8 cm³/mol. The normalized spacial score (nSPS) is 29.3. The standard InChI is InChI=1S/C15H26N2O/c1-4-6-13(5-2)17-14(18)15(11-16)9-7-12(3)8-10-15/h2,12-13H,4,6-11,16H2,1,3H3,(H,17,18). The number of nitrogens with two attached hydrogens (primary N) is 1. The van der Waals surface area contributed by atoms with E-state index in [0.717, 1.165) is 38.5 Å². The van der Waals surface area contributed by atoms with Crippen molar-refractivity contribution in [2.24, 2.45) is 17.1 Å². The van der Waals surface area contributed by atoms with Crippen LogP contribution in [0.25, 0.3) is 0 Å². The topological polar surface area (TPSA) is 55.1 Å². The average molecular weight is 250 g/mol. The van der Waals surface area contributed by atoms with Crippen molar-refractivity contribution in [1.29, 1.82) is 0 Å². The van der Waals surface area contributed by atoms with Crippen LogP contribution in [-0.4, -0.2) is 18.5 Å². The second-order valence-corrected chi connectivity index (χ2v) is 5.65. The highest BCUT2D eigenvalue weighted by Gasteiger charge is 2.40. The van der Waals surface area contributed by atoms with Gasteiger partial charge in [-0.25, -0.2) is 0 Å². The van der Waals surface area contributed by atoms with Crippen molar-refractivity contribution in [1.82, 2.24) is 5.32 Å². The van der Waals surface area contributed by atoms with Crippen LogP contribution in [0.5, 0.6) is 0 Å². The van der Waals surface area contributed by atoms with Gasteiger partial charge in [0.1, 0.15) is 0 Å². The molecule has 1 fully saturated rings. The van der Waals surface area contributed by atoms with E-state index in [0.29, 0.717) is 12.5 Å². The van der Waals surface area contributed by atoms with Gasteiger partial charge in [-0.2, -0.15) is 0 Å². The van der Waals surface area contributed by atoms with Gasteiger partial charge >= 0.3 is 0 Å². The van der Waals surface area contributed by atoms with Crippen LogP contribution < -0.4 is 11.1 Å². The van der Waals surface area contributed by atoms with E-state index in [4.69, 9.17) is 12.2 Å². The molecule has 1 rings (SSSR count). The summed E-state index contributed by atoms with van der Waals surface area (Å²) in [5, 5.41) is 2.99. The number of rotatable bonds is 5. The van der Waals surface area contributed by atoms with Crippen LogP contribution in [0.3, 0.4) is 0 Å². The SMILES string of the molecule is C#CC(CCC)NC(=O)C1(CN)CCC(C)CC1. The van der Waals surface area contributed by atoms with Crippen LogP contribution in [0.4, 0.5) is 0 Å². The summed E-state index contributed by atoms with van der Waals surface area (Å²) in [4.78, 5) is 12.4. The number of carbonyl (C=O) groups excluding carboxylic acids is 1. The zero-order chi connectivity index (χ0) is 13.6. The second-order valence-electron chi connectivity index (χ2n) is 5.65. The van der Waals surface area contributed by atoms with Crippen LogP contribution in [0.2, 0.25) is 0 Å². The molecule has 18 heavy (non-hydrogen) atoms. The summed E-state index contributed by atoms with van der Waals surface area (Å²) in [6.07, 6.45) is 11.2. The molecule has 1 atom stereocenters. The summed E-state index contributed by atoms with van der Waals surface area (Å²) in [6.45, 7) is 4.73. The molecule has 0 radical (unpaired) electrons. The molecule has 1 saturated carbocycles. The van der Waals surface area contributed by atoms with E-state index in [2.05, 4.69) is 25.1 Å². The van der Waals surface area contributed by atoms with Crippen LogP contribution >= 0.6 is 0 Å². The molecule has 3 nitrogen and oxygen atoms in total. The fraction of sp³-hybridized carbons (Fsp3) is 0.800. The van der Waals surface area contributed by atoms with Gasteiger partial charge in [-0.1, -0.05) is 26.2 Å². The maximum absolute atomic E-state index is 12.4. The zero-order valence-corrected chi connectivity index (χ0v) is 11.7. The molecule has 102 valence electrons. The highest BCUT2D eigenvalue weighted by molar-refractivity contribution is 5.83. The van der Waals surface area contributed by atoms with Crippen LogP contribution in [0.1, 0.15) is 52.4 Å². The minimum absolute atomic E-state index is 0.0632. The Morgan fingerprint density at radius 2 is 2.17 bits per heavy atom. The van der Waals surface area contributed by atoms with E-state index in [1.165, 1.54) is 0 Å². The van der Waals surface area contributed by atoms with Crippen LogP contribution in [0.15, 0.2) is 0 Å². The molecule has 0 aromatic rings. The van der Waals surface area contributed by atoms with Crippen LogP contribution in [-0.2, 0) is 4.79 Å². The Morgan fingerprint density at radius 3 is 2.61 bits per heavy atom. The molecule has 1 unspecified atom stereocenters. The molecule has 0 aliphatic heterocycles. The Bertz CT molecular complexity index is 311. The summed E-state index contributed by atoms with van der Waals surface area (Å²) in [5.41, 5.74) is 5.48. The van der Waals surface area contributed by atoms with Gasteiger partial charge in [0.15, 0.2) is 0 Å². The van der Waals surface area contributed by atoms with Gasteiger partial charge < -0.3 is 11.1 Å². The van der Waals surface area contributed by atoms with E-state index in [9.17, 15) is 4.79 Å². The second kappa shape index (κ2) is 6.80. The highest BCUT2D eigenvalue weighted by atomic mass is 16.2. The number of nitrogens with one attached hydrogen (secondary N) is 1. The molecule has 0 heterocycles. The van der Waals surface area contributed by atoms with E-state index < -0.39 is 0 Å². The predicted octanol–water partition coefficient (Wildman–Crippen LogP) is 2.06. The molecule has 1 aliphatic carbocycles. The molecule has 0 spiro atoms. The van der Waals surface area contributed by atoms with Gasteiger partial charge in [-0.15, -0.1) is 6.42 Å². The van der Waals surface area contributed by atoms with Crippen molar-refractivity contribution < 1.29 is 4.79 Å². The molecule has 0 saturated heterocycles. The Morgan fingerprint density at radius 1 is 1.56 bits per heavy atom. The Balaban J connectivity index is 2.65. The van der Waals surface area contributed by atoms with E-state index >= 15 is 0 Å². The van der Waals surface area contributed by atoms with Crippen molar-refractivity contribution >= 4 is 5.91 Å². The Labute approximate surface area is 111 Å². The van der Waals surface area contributed by atoms with E-state index in [1.807, 2.05) is 0 Å². The maximum Gasteiger partial charge on any atom is 0.228 e. The molecule has 3 N–H and O–H groups in total. The molecule has 1 aliphatic rings. The molecule has 3 heteroatoms. The lowest BCUT2D eigenvalue weighted by Gasteiger charge is -2.37. The average Bonchev–Trinajstić information content (AvgIpc) is 2.39. The van der Waals surface area contributed by atoms with Crippen molar-refractivity contribution in [3.63, 3.8) is 0 Å². The van der Waals surface area contributed by atoms with Crippen molar-refractivity contribution in [3.05, 3.63) is 0 Å². The number of hydrogen-bond acceptors (Lipinski definition) is 2. The van der Waals surface area contributed by atoms with Gasteiger partial charge in [-0.3, -0.25) is 4.79 Å². The lowest BCUT2D eigenvalue weighted by atomic mass is 9.70. The third-order valence-electron chi connectivity index (χ3n) is 4.19. The third-order valence-corrected chi connectivity index (χ3v) is 4.19. The first-order valence-electron chi connectivity index (χ1n) is 7.05. The minimum atomic E-state index is -0.380. The van der Waals surface area contributed by atoms with Gasteiger partial charge in [0.25, 0.3) is 0 Å². The summed E-state index contributed by atoms with van der Waals surface area (Å²) < 4.78 is 0. The summed E-state index contributed by atoms with van der Waals surface area (Å²) >= 11 is 0. The van der Waals surface area contributed by atoms with E-state index in [1.54, 1.807) is 0 Å². The van der Waals surface area contributed by atoms with Gasteiger partial charge in [0, 0.05) is 6.54 Å². The van der Waals surface area contributed by atoms with Gasteiger partial charge in [0.05, 0.1) is 11.5 Å². The Kier molecular flexibility index (Phi) is 5.68. The van der Waals surface area contributed by atoms with Gasteiger partial charge in [0.2, 0.25) is 5.91 Å². The molecule has 1 amide bonds. The fourth-order valence-electron chi connectivity index (χ4n) is 2.64. The van der Waals surface area contributed by atoms with Gasteiger partial charge in [-0.05, 0) is 38.0 Å². The highest BCUT2D eigenvalue weighted by Crippen LogP contribution is 2.38. The smallest absolute Gasteiger partial charge is 0.228 e. The lowest BCUT2D eigenvalue weighted by molar-refractivity contribution is -0.133. The number of carbonyl (C=O) groups is 1. The number of hydrogen-bond donors (Lipinski definition) is 2. The van der Waals surface area contributed by atoms with Crippen molar-refractivity contribution in [2.75, 3.05) is 6.54 Å². The molecule has 0 bridgehead atoms. The first-order valence-corrected chi connectivity index (χ1v) is 7.05. The molecule has 0 aromatic heterocycles. The monoisotopic (exact) mass is 250 g/mol. The lowest BCUT2D eigenvalue weighted by Crippen LogP contribution is -2.50. The van der Waals surface area contributed by atoms with E-state index in [-0.39, 0.29) is 17.4 Å². The minimum Gasteiger partial charge on any atom is -0.342 e.